The summed E-state index contributed by atoms with van der Waals surface area (Å²) in [5.74, 6) is 1.83. The molecule has 1 heterocycles. The lowest BCUT2D eigenvalue weighted by molar-refractivity contribution is 0.633. The minimum atomic E-state index is -0.610. The highest BCUT2D eigenvalue weighted by molar-refractivity contribution is 8.12. The first-order valence-corrected chi connectivity index (χ1v) is 4.05. The predicted molar refractivity (Wildman–Crippen MR) is 33.7 cm³/mol. The van der Waals surface area contributed by atoms with Gasteiger partial charge in [0.25, 0.3) is 0 Å². The monoisotopic (exact) mass is 120 g/mol. The topological polar surface area (TPSA) is 32.3 Å². The molecule has 1 aliphatic heterocycles. The molecule has 2 N–H and O–H groups in total. The van der Waals surface area contributed by atoms with E-state index in [0.717, 1.165) is 18.1 Å². The van der Waals surface area contributed by atoms with Gasteiger partial charge < -0.3 is 9.87 Å². The van der Waals surface area contributed by atoms with E-state index in [4.69, 9.17) is 4.55 Å². The summed E-state index contributed by atoms with van der Waals surface area (Å²) in [5.41, 5.74) is 0. The smallest absolute Gasteiger partial charge is 0.0323 e. The fraction of sp³-hybridized carbons (Fsp3) is 0.750. The molecule has 0 aliphatic carbocycles. The Morgan fingerprint density at radius 3 is 2.86 bits per heavy atom. The lowest BCUT2D eigenvalue weighted by atomic mass is 10.6. The van der Waals surface area contributed by atoms with E-state index in [1.54, 1.807) is 0 Å². The lowest BCUT2D eigenvalue weighted by Crippen LogP contribution is -2.23. The van der Waals surface area contributed by atoms with Gasteiger partial charge in [0.1, 0.15) is 0 Å². The van der Waals surface area contributed by atoms with Crippen LogP contribution in [0, 0.1) is 6.54 Å². The number of thiol groups is 1. The van der Waals surface area contributed by atoms with Crippen molar-refractivity contribution >= 4 is 11.2 Å². The fourth-order valence-electron chi connectivity index (χ4n) is 0.557. The Balaban J connectivity index is 2.12. The number of rotatable bonds is 0. The lowest BCUT2D eigenvalue weighted by Gasteiger charge is -2.19. The average molecular weight is 120 g/mol. The van der Waals surface area contributed by atoms with Crippen molar-refractivity contribution < 1.29 is 4.55 Å². The predicted octanol–water partition coefficient (Wildman–Crippen LogP) is 0.226. The fourth-order valence-corrected chi connectivity index (χ4v) is 1.47. The van der Waals surface area contributed by atoms with Crippen LogP contribution in [-0.4, -0.2) is 22.6 Å². The molecule has 43 valence electrons. The highest BCUT2D eigenvalue weighted by Gasteiger charge is 2.03. The molecular formula is C4H10NOS. The van der Waals surface area contributed by atoms with Gasteiger partial charge in [-0.2, -0.15) is 0 Å². The second kappa shape index (κ2) is 2.55. The summed E-state index contributed by atoms with van der Waals surface area (Å²) in [6.45, 7) is 2.90. The Bertz CT molecular complexity index is 53.7. The summed E-state index contributed by atoms with van der Waals surface area (Å²) >= 11 is -0.610. The highest BCUT2D eigenvalue weighted by Crippen LogP contribution is 2.20. The Morgan fingerprint density at radius 2 is 2.57 bits per heavy atom. The average Bonchev–Trinajstić information content (AvgIpc) is 1.69. The molecule has 2 nitrogen and oxygen atoms in total. The van der Waals surface area contributed by atoms with Gasteiger partial charge in [-0.05, 0) is 0 Å². The first-order chi connectivity index (χ1) is 3.39. The van der Waals surface area contributed by atoms with Crippen LogP contribution >= 0.6 is 11.2 Å². The van der Waals surface area contributed by atoms with E-state index in [2.05, 4.69) is 5.32 Å². The summed E-state index contributed by atoms with van der Waals surface area (Å²) in [7, 11) is 0. The maximum absolute atomic E-state index is 8.90. The van der Waals surface area contributed by atoms with Gasteiger partial charge in [0.05, 0.1) is 0 Å². The Morgan fingerprint density at radius 1 is 1.71 bits per heavy atom. The molecule has 3 heteroatoms. The van der Waals surface area contributed by atoms with E-state index in [1.807, 2.05) is 6.54 Å². The van der Waals surface area contributed by atoms with Gasteiger partial charge in [0, 0.05) is 24.6 Å². The van der Waals surface area contributed by atoms with E-state index < -0.39 is 11.2 Å². The van der Waals surface area contributed by atoms with E-state index in [0.29, 0.717) is 0 Å². The molecule has 0 spiro atoms. The molecule has 0 aromatic heterocycles. The molecular weight excluding hydrogens is 110 g/mol. The minimum absolute atomic E-state index is 0.610. The molecule has 1 unspecified atom stereocenters. The van der Waals surface area contributed by atoms with Crippen molar-refractivity contribution in [2.45, 2.75) is 0 Å². The van der Waals surface area contributed by atoms with Crippen molar-refractivity contribution in [2.75, 3.05) is 18.1 Å². The molecule has 1 aliphatic rings. The van der Waals surface area contributed by atoms with Crippen LogP contribution in [0.4, 0.5) is 0 Å². The maximum Gasteiger partial charge on any atom is 0.0323 e. The molecule has 0 aromatic carbocycles. The third-order valence-electron chi connectivity index (χ3n) is 0.961. The summed E-state index contributed by atoms with van der Waals surface area (Å²) in [4.78, 5) is 0. The number of hydrogen-bond acceptors (Lipinski definition) is 2. The molecule has 0 amide bonds. The van der Waals surface area contributed by atoms with Crippen molar-refractivity contribution in [3.63, 3.8) is 0 Å². The molecule has 1 radical (unpaired) electrons. The van der Waals surface area contributed by atoms with Crippen molar-refractivity contribution in [1.29, 1.82) is 0 Å². The SMILES string of the molecule is O[SH]1C[CH]NCC1. The summed E-state index contributed by atoms with van der Waals surface area (Å²) < 4.78 is 8.90. The zero-order chi connectivity index (χ0) is 5.11. The zero-order valence-electron chi connectivity index (χ0n) is 4.09. The third kappa shape index (κ3) is 1.67. The van der Waals surface area contributed by atoms with Crippen LogP contribution in [0.5, 0.6) is 0 Å². The molecule has 1 rings (SSSR count). The van der Waals surface area contributed by atoms with E-state index in [9.17, 15) is 0 Å². The van der Waals surface area contributed by atoms with Crippen LogP contribution < -0.4 is 5.32 Å². The Hall–Kier alpha value is 0.270. The van der Waals surface area contributed by atoms with Gasteiger partial charge in [-0.3, -0.25) is 0 Å². The second-order valence-electron chi connectivity index (χ2n) is 1.57. The summed E-state index contributed by atoms with van der Waals surface area (Å²) in [6, 6.07) is 0. The van der Waals surface area contributed by atoms with Crippen LogP contribution in [0.15, 0.2) is 0 Å². The van der Waals surface area contributed by atoms with Crippen molar-refractivity contribution in [1.82, 2.24) is 5.32 Å². The molecule has 1 atom stereocenters. The van der Waals surface area contributed by atoms with Gasteiger partial charge in [-0.25, -0.2) is 0 Å². The third-order valence-corrected chi connectivity index (χ3v) is 2.30. The number of nitrogens with one attached hydrogen (secondary N) is 1. The van der Waals surface area contributed by atoms with Gasteiger partial charge in [-0.15, -0.1) is 11.2 Å². The Labute approximate surface area is 46.5 Å². The van der Waals surface area contributed by atoms with E-state index >= 15 is 0 Å². The molecule has 0 aromatic rings. The van der Waals surface area contributed by atoms with Crippen LogP contribution in [0.1, 0.15) is 0 Å². The van der Waals surface area contributed by atoms with Crippen LogP contribution in [0.2, 0.25) is 0 Å². The molecule has 1 saturated heterocycles. The molecule has 0 saturated carbocycles. The normalized spacial score (nSPS) is 27.9. The quantitative estimate of drug-likeness (QED) is 0.400. The van der Waals surface area contributed by atoms with Crippen molar-refractivity contribution in [3.8, 4) is 0 Å². The molecule has 1 fully saturated rings. The zero-order valence-corrected chi connectivity index (χ0v) is 4.99. The van der Waals surface area contributed by atoms with Gasteiger partial charge in [-0.1, -0.05) is 0 Å². The summed E-state index contributed by atoms with van der Waals surface area (Å²) in [5, 5.41) is 3.05. The number of hydrogen-bond donors (Lipinski definition) is 3. The van der Waals surface area contributed by atoms with E-state index in [-0.39, 0.29) is 0 Å². The van der Waals surface area contributed by atoms with E-state index in [1.165, 1.54) is 0 Å². The van der Waals surface area contributed by atoms with Crippen LogP contribution in [-0.2, 0) is 0 Å². The van der Waals surface area contributed by atoms with Gasteiger partial charge >= 0.3 is 0 Å². The highest BCUT2D eigenvalue weighted by atomic mass is 32.2. The van der Waals surface area contributed by atoms with Crippen molar-refractivity contribution in [3.05, 3.63) is 6.54 Å². The van der Waals surface area contributed by atoms with Gasteiger partial charge in [0.2, 0.25) is 0 Å². The van der Waals surface area contributed by atoms with Crippen LogP contribution in [0.25, 0.3) is 0 Å². The molecule has 0 bridgehead atoms. The largest absolute Gasteiger partial charge is 0.354 e. The second-order valence-corrected chi connectivity index (χ2v) is 3.40. The maximum atomic E-state index is 8.90. The van der Waals surface area contributed by atoms with Gasteiger partial charge in [0.15, 0.2) is 0 Å². The van der Waals surface area contributed by atoms with Crippen molar-refractivity contribution in [2.24, 2.45) is 0 Å². The minimum Gasteiger partial charge on any atom is -0.354 e. The summed E-state index contributed by atoms with van der Waals surface area (Å²) in [6.07, 6.45) is 0. The first kappa shape index (κ1) is 5.41. The Kier molecular flexibility index (Phi) is 1.97. The van der Waals surface area contributed by atoms with Crippen LogP contribution in [0.3, 0.4) is 0 Å². The molecule has 7 heavy (non-hydrogen) atoms. The standard InChI is InChI=1S/C4H10NOS/c6-7-3-1-5-2-4-7/h1,5-7H,2-4H2. The first-order valence-electron chi connectivity index (χ1n) is 2.38.